The second-order valence-electron chi connectivity index (χ2n) is 8.46. The quantitative estimate of drug-likeness (QED) is 0.758. The molecule has 6 nitrogen and oxygen atoms in total. The maximum Gasteiger partial charge on any atom is 0.188 e. The van der Waals surface area contributed by atoms with Gasteiger partial charge in [-0.25, -0.2) is 0 Å². The Balaban J connectivity index is 2.10. The average molecular weight is 379 g/mol. The van der Waals surface area contributed by atoms with Crippen molar-refractivity contribution in [3.05, 3.63) is 11.6 Å². The van der Waals surface area contributed by atoms with Crippen LogP contribution in [0.3, 0.4) is 0 Å². The van der Waals surface area contributed by atoms with E-state index in [2.05, 4.69) is 47.9 Å². The summed E-state index contributed by atoms with van der Waals surface area (Å²) >= 11 is 0. The van der Waals surface area contributed by atoms with Gasteiger partial charge >= 0.3 is 0 Å². The van der Waals surface area contributed by atoms with Gasteiger partial charge in [0, 0.05) is 24.4 Å². The lowest BCUT2D eigenvalue weighted by molar-refractivity contribution is -0.00561. The Labute approximate surface area is 168 Å². The van der Waals surface area contributed by atoms with E-state index in [0.717, 1.165) is 70.5 Å². The van der Waals surface area contributed by atoms with Gasteiger partial charge in [-0.2, -0.15) is 15.8 Å². The van der Waals surface area contributed by atoms with Crippen molar-refractivity contribution in [2.75, 3.05) is 39.3 Å². The van der Waals surface area contributed by atoms with Crippen molar-refractivity contribution in [1.29, 1.82) is 21.2 Å². The zero-order valence-corrected chi connectivity index (χ0v) is 17.0. The first kappa shape index (κ1) is 20.5. The summed E-state index contributed by atoms with van der Waals surface area (Å²) in [5.74, 6) is -0.748. The van der Waals surface area contributed by atoms with Crippen molar-refractivity contribution in [2.24, 2.45) is 22.7 Å². The smallest absolute Gasteiger partial charge is 0.188 e. The van der Waals surface area contributed by atoms with Crippen LogP contribution < -0.4 is 0 Å². The fourth-order valence-corrected chi connectivity index (χ4v) is 5.76. The summed E-state index contributed by atoms with van der Waals surface area (Å²) in [5.41, 5.74) is -1.09. The van der Waals surface area contributed by atoms with Crippen molar-refractivity contribution in [1.82, 2.24) is 9.80 Å². The zero-order valence-electron chi connectivity index (χ0n) is 17.0. The highest BCUT2D eigenvalue weighted by Crippen LogP contribution is 2.61. The summed E-state index contributed by atoms with van der Waals surface area (Å²) in [6.45, 7) is 9.58. The van der Waals surface area contributed by atoms with Crippen LogP contribution in [0.2, 0.25) is 0 Å². The maximum absolute atomic E-state index is 10.2. The van der Waals surface area contributed by atoms with Crippen LogP contribution in [0.4, 0.5) is 0 Å². The minimum absolute atomic E-state index is 0.00498. The van der Waals surface area contributed by atoms with E-state index in [1.807, 2.05) is 0 Å². The molecule has 148 valence electrons. The predicted molar refractivity (Wildman–Crippen MR) is 107 cm³/mol. The Bertz CT molecular complexity index is 754. The number of hydrogen-bond donors (Lipinski definition) is 1. The van der Waals surface area contributed by atoms with Crippen molar-refractivity contribution in [2.45, 2.75) is 39.5 Å². The van der Waals surface area contributed by atoms with Crippen molar-refractivity contribution in [3.63, 3.8) is 0 Å². The second kappa shape index (κ2) is 8.04. The molecule has 28 heavy (non-hydrogen) atoms. The van der Waals surface area contributed by atoms with E-state index in [1.165, 1.54) is 0 Å². The van der Waals surface area contributed by atoms with Crippen molar-refractivity contribution < 1.29 is 0 Å². The summed E-state index contributed by atoms with van der Waals surface area (Å²) in [7, 11) is 0. The molecule has 0 amide bonds. The SMILES string of the molecule is CCCN1CCC2(CC1)C1CN(CCC)CC=C1C(C#N)C(=N)C2(C#N)C#N. The number of nitriles is 3. The fourth-order valence-electron chi connectivity index (χ4n) is 5.76. The summed E-state index contributed by atoms with van der Waals surface area (Å²) in [4.78, 5) is 4.78. The van der Waals surface area contributed by atoms with Gasteiger partial charge in [-0.15, -0.1) is 0 Å². The minimum Gasteiger partial charge on any atom is -0.305 e. The molecule has 0 aromatic rings. The maximum atomic E-state index is 10.2. The summed E-state index contributed by atoms with van der Waals surface area (Å²) in [6.07, 6.45) is 5.71. The van der Waals surface area contributed by atoms with Gasteiger partial charge in [0.05, 0.1) is 23.9 Å². The standard InChI is InChI=1S/C22H30N6/c1-3-8-27-11-6-21(7-12-27)19-14-28(9-4-2)10-5-17(19)18(13-23)20(26)22(21,15-24)16-25/h5,18-19,26H,3-4,6-12,14H2,1-2H3. The van der Waals surface area contributed by atoms with E-state index in [1.54, 1.807) is 0 Å². The Kier molecular flexibility index (Phi) is 5.90. The van der Waals surface area contributed by atoms with E-state index in [4.69, 9.17) is 5.41 Å². The van der Waals surface area contributed by atoms with Crippen molar-refractivity contribution in [3.8, 4) is 18.2 Å². The molecule has 1 N–H and O–H groups in total. The van der Waals surface area contributed by atoms with E-state index < -0.39 is 16.7 Å². The molecule has 0 bridgehead atoms. The van der Waals surface area contributed by atoms with Gasteiger partial charge in [0.15, 0.2) is 5.41 Å². The highest BCUT2D eigenvalue weighted by molar-refractivity contribution is 6.00. The Morgan fingerprint density at radius 3 is 2.21 bits per heavy atom. The van der Waals surface area contributed by atoms with E-state index >= 15 is 0 Å². The normalized spacial score (nSPS) is 29.2. The lowest BCUT2D eigenvalue weighted by Gasteiger charge is -2.58. The number of hydrogen-bond acceptors (Lipinski definition) is 6. The molecule has 1 saturated carbocycles. The molecule has 1 spiro atoms. The average Bonchev–Trinajstić information content (AvgIpc) is 2.72. The molecule has 6 heteroatoms. The third kappa shape index (κ3) is 2.86. The lowest BCUT2D eigenvalue weighted by atomic mass is 9.44. The van der Waals surface area contributed by atoms with Crippen molar-refractivity contribution >= 4 is 5.71 Å². The van der Waals surface area contributed by atoms with Crippen LogP contribution in [0.15, 0.2) is 11.6 Å². The van der Waals surface area contributed by atoms with Crippen LogP contribution in [0, 0.1) is 62.1 Å². The van der Waals surface area contributed by atoms with Gasteiger partial charge in [0.2, 0.25) is 0 Å². The van der Waals surface area contributed by atoms with Gasteiger partial charge < -0.3 is 10.3 Å². The largest absolute Gasteiger partial charge is 0.305 e. The van der Waals surface area contributed by atoms with E-state index in [0.29, 0.717) is 0 Å². The van der Waals surface area contributed by atoms with Gasteiger partial charge in [-0.3, -0.25) is 4.90 Å². The number of piperidine rings is 1. The molecule has 2 aliphatic heterocycles. The Morgan fingerprint density at radius 1 is 1.07 bits per heavy atom. The molecule has 3 rings (SSSR count). The first-order chi connectivity index (χ1) is 13.5. The number of nitrogens with zero attached hydrogens (tertiary/aromatic N) is 5. The van der Waals surface area contributed by atoms with Gasteiger partial charge in [-0.05, 0) is 57.4 Å². The van der Waals surface area contributed by atoms with Crippen LogP contribution in [-0.2, 0) is 0 Å². The number of fused-ring (bicyclic) bond motifs is 2. The minimum atomic E-state index is -1.51. The number of rotatable bonds is 4. The molecule has 2 heterocycles. The highest BCUT2D eigenvalue weighted by Gasteiger charge is 2.66. The molecule has 0 aromatic carbocycles. The fraction of sp³-hybridized carbons (Fsp3) is 0.727. The van der Waals surface area contributed by atoms with Gasteiger partial charge in [0.1, 0.15) is 5.92 Å². The molecule has 1 saturated heterocycles. The molecule has 2 fully saturated rings. The van der Waals surface area contributed by atoms with Gasteiger partial charge in [0.25, 0.3) is 0 Å². The monoisotopic (exact) mass is 378 g/mol. The molecular formula is C22H30N6. The van der Waals surface area contributed by atoms with Crippen LogP contribution >= 0.6 is 0 Å². The molecule has 1 aliphatic carbocycles. The molecule has 0 radical (unpaired) electrons. The molecule has 2 atom stereocenters. The molecule has 3 aliphatic rings. The molecule has 0 aromatic heterocycles. The Hall–Kier alpha value is -2.20. The van der Waals surface area contributed by atoms with Crippen LogP contribution in [0.5, 0.6) is 0 Å². The summed E-state index contributed by atoms with van der Waals surface area (Å²) in [5, 5.41) is 39.0. The van der Waals surface area contributed by atoms with Crippen LogP contribution in [-0.4, -0.2) is 54.8 Å². The molecular weight excluding hydrogens is 348 g/mol. The van der Waals surface area contributed by atoms with E-state index in [-0.39, 0.29) is 11.6 Å². The summed E-state index contributed by atoms with van der Waals surface area (Å²) < 4.78 is 0. The predicted octanol–water partition coefficient (Wildman–Crippen LogP) is 2.95. The topological polar surface area (TPSA) is 102 Å². The second-order valence-corrected chi connectivity index (χ2v) is 8.46. The van der Waals surface area contributed by atoms with Crippen LogP contribution in [0.1, 0.15) is 39.5 Å². The van der Waals surface area contributed by atoms with E-state index in [9.17, 15) is 15.8 Å². The zero-order chi connectivity index (χ0) is 20.4. The highest BCUT2D eigenvalue weighted by atomic mass is 15.1. The Morgan fingerprint density at radius 2 is 1.68 bits per heavy atom. The summed E-state index contributed by atoms with van der Waals surface area (Å²) in [6, 6.07) is 6.79. The van der Waals surface area contributed by atoms with Gasteiger partial charge in [-0.1, -0.05) is 19.9 Å². The molecule has 2 unspecified atom stereocenters. The van der Waals surface area contributed by atoms with Crippen LogP contribution in [0.25, 0.3) is 0 Å². The third-order valence-electron chi connectivity index (χ3n) is 7.16. The first-order valence-corrected chi connectivity index (χ1v) is 10.5. The lowest BCUT2D eigenvalue weighted by Crippen LogP contribution is -2.63. The first-order valence-electron chi connectivity index (χ1n) is 10.5. The number of nitrogens with one attached hydrogen (secondary N) is 1. The third-order valence-corrected chi connectivity index (χ3v) is 7.16. The number of likely N-dealkylation sites (tertiary alicyclic amines) is 1.